The molecule has 0 radical (unpaired) electrons. The fourth-order valence-corrected chi connectivity index (χ4v) is 6.40. The summed E-state index contributed by atoms with van der Waals surface area (Å²) < 4.78 is 2.37. The van der Waals surface area contributed by atoms with E-state index in [-0.39, 0.29) is 0 Å². The Morgan fingerprint density at radius 1 is 0.562 bits per heavy atom. The van der Waals surface area contributed by atoms with Gasteiger partial charge in [0.2, 0.25) is 0 Å². The van der Waals surface area contributed by atoms with Crippen LogP contribution in [0.25, 0.3) is 77.7 Å². The highest BCUT2D eigenvalue weighted by Crippen LogP contribution is 2.36. The Balaban J connectivity index is 1.25. The van der Waals surface area contributed by atoms with Gasteiger partial charge >= 0.3 is 0 Å². The molecule has 2 heterocycles. The van der Waals surface area contributed by atoms with Crippen molar-refractivity contribution in [1.29, 1.82) is 0 Å². The van der Waals surface area contributed by atoms with Crippen LogP contribution in [-0.4, -0.2) is 19.5 Å². The van der Waals surface area contributed by atoms with E-state index < -0.39 is 0 Å². The van der Waals surface area contributed by atoms with Crippen LogP contribution in [0, 0.1) is 0 Å². The Hall–Kier alpha value is -6.39. The van der Waals surface area contributed by atoms with Gasteiger partial charge in [0.05, 0.1) is 11.0 Å². The Morgan fingerprint density at radius 3 is 2.02 bits per heavy atom. The predicted octanol–water partition coefficient (Wildman–Crippen LogP) is 11.3. The number of hydrogen-bond acceptors (Lipinski definition) is 3. The smallest absolute Gasteiger partial charge is 0.164 e. The van der Waals surface area contributed by atoms with Gasteiger partial charge in [0.15, 0.2) is 17.5 Å². The second-order valence-electron chi connectivity index (χ2n) is 11.8. The van der Waals surface area contributed by atoms with Crippen molar-refractivity contribution in [2.45, 2.75) is 6.92 Å². The van der Waals surface area contributed by atoms with Gasteiger partial charge in [0, 0.05) is 27.6 Å². The third-order valence-corrected chi connectivity index (χ3v) is 8.76. The fraction of sp³-hybridized carbons (Fsp3) is 0.0227. The van der Waals surface area contributed by atoms with Crippen molar-refractivity contribution in [3.05, 3.63) is 176 Å². The summed E-state index contributed by atoms with van der Waals surface area (Å²) in [7, 11) is 0. The first-order valence-electron chi connectivity index (χ1n) is 16.1. The van der Waals surface area contributed by atoms with Crippen molar-refractivity contribution < 1.29 is 0 Å². The Kier molecular flexibility index (Phi) is 7.52. The summed E-state index contributed by atoms with van der Waals surface area (Å²) in [6.45, 7) is 5.79. The predicted molar refractivity (Wildman–Crippen MR) is 201 cm³/mol. The van der Waals surface area contributed by atoms with Gasteiger partial charge in [-0.15, -0.1) is 0 Å². The lowest BCUT2D eigenvalue weighted by molar-refractivity contribution is 1.03. The number of aromatic nitrogens is 4. The molecule has 0 amide bonds. The van der Waals surface area contributed by atoms with E-state index in [0.717, 1.165) is 33.5 Å². The molecule has 4 nitrogen and oxygen atoms in total. The van der Waals surface area contributed by atoms with E-state index in [1.54, 1.807) is 6.08 Å². The van der Waals surface area contributed by atoms with Crippen LogP contribution in [0.1, 0.15) is 12.7 Å². The molecule has 48 heavy (non-hydrogen) atoms. The monoisotopic (exact) mass is 616 g/mol. The van der Waals surface area contributed by atoms with Crippen LogP contribution in [0.5, 0.6) is 0 Å². The average molecular weight is 617 g/mol. The number of benzene rings is 6. The van der Waals surface area contributed by atoms with E-state index in [1.165, 1.54) is 32.6 Å². The zero-order valence-electron chi connectivity index (χ0n) is 26.6. The van der Waals surface area contributed by atoms with Crippen molar-refractivity contribution in [2.75, 3.05) is 0 Å². The average Bonchev–Trinajstić information content (AvgIpc) is 3.47. The third-order valence-electron chi connectivity index (χ3n) is 8.76. The second kappa shape index (κ2) is 12.4. The SMILES string of the molecule is C=C/C=C\C=C(/C)c1nc(-c2ccccc2)nc(-c2ccccc2-c2ccc(-n3c4ccccc4c4cc5ccccc5cc43)cc2)n1. The first-order chi connectivity index (χ1) is 23.7. The normalized spacial score (nSPS) is 12.0. The van der Waals surface area contributed by atoms with Gasteiger partial charge in [0.25, 0.3) is 0 Å². The van der Waals surface area contributed by atoms with Gasteiger partial charge in [-0.2, -0.15) is 0 Å². The molecule has 4 heteroatoms. The van der Waals surface area contributed by atoms with Crippen LogP contribution in [-0.2, 0) is 0 Å². The Morgan fingerprint density at radius 2 is 1.23 bits per heavy atom. The van der Waals surface area contributed by atoms with Crippen LogP contribution in [0.3, 0.4) is 0 Å². The third kappa shape index (κ3) is 5.29. The lowest BCUT2D eigenvalue weighted by Gasteiger charge is -2.13. The molecule has 0 aliphatic carbocycles. The number of hydrogen-bond donors (Lipinski definition) is 0. The number of fused-ring (bicyclic) bond motifs is 4. The number of para-hydroxylation sites is 1. The van der Waals surface area contributed by atoms with E-state index in [9.17, 15) is 0 Å². The van der Waals surface area contributed by atoms with Gasteiger partial charge < -0.3 is 4.57 Å². The van der Waals surface area contributed by atoms with Crippen molar-refractivity contribution in [3.63, 3.8) is 0 Å². The maximum absolute atomic E-state index is 5.00. The van der Waals surface area contributed by atoms with Crippen molar-refractivity contribution in [1.82, 2.24) is 19.5 Å². The molecule has 8 rings (SSSR count). The molecule has 6 aromatic carbocycles. The zero-order valence-corrected chi connectivity index (χ0v) is 26.6. The molecule has 0 aliphatic heterocycles. The van der Waals surface area contributed by atoms with Crippen molar-refractivity contribution in [3.8, 4) is 39.6 Å². The number of rotatable bonds is 7. The summed E-state index contributed by atoms with van der Waals surface area (Å²) in [5, 5.41) is 4.98. The Bertz CT molecular complexity index is 2520. The van der Waals surface area contributed by atoms with Crippen LogP contribution in [0.2, 0.25) is 0 Å². The molecule has 0 unspecified atom stereocenters. The number of nitrogens with zero attached hydrogens (tertiary/aromatic N) is 4. The van der Waals surface area contributed by atoms with Gasteiger partial charge in [-0.3, -0.25) is 0 Å². The summed E-state index contributed by atoms with van der Waals surface area (Å²) in [5.74, 6) is 1.91. The van der Waals surface area contributed by atoms with Crippen LogP contribution < -0.4 is 0 Å². The first-order valence-corrected chi connectivity index (χ1v) is 16.1. The molecule has 0 bridgehead atoms. The fourth-order valence-electron chi connectivity index (χ4n) is 6.40. The van der Waals surface area contributed by atoms with Crippen LogP contribution >= 0.6 is 0 Å². The molecule has 2 aromatic heterocycles. The molecule has 8 aromatic rings. The van der Waals surface area contributed by atoms with Gasteiger partial charge in [-0.25, -0.2) is 15.0 Å². The summed E-state index contributed by atoms with van der Waals surface area (Å²) >= 11 is 0. The molecule has 0 aliphatic rings. The van der Waals surface area contributed by atoms with Gasteiger partial charge in [-0.05, 0) is 64.7 Å². The molecule has 0 N–H and O–H groups in total. The molecule has 0 atom stereocenters. The lowest BCUT2D eigenvalue weighted by Crippen LogP contribution is -2.02. The lowest BCUT2D eigenvalue weighted by atomic mass is 9.98. The van der Waals surface area contributed by atoms with Crippen LogP contribution in [0.4, 0.5) is 0 Å². The molecule has 0 saturated heterocycles. The maximum atomic E-state index is 5.00. The molecular formula is C44H32N4. The molecule has 0 fully saturated rings. The highest BCUT2D eigenvalue weighted by molar-refractivity contribution is 6.13. The van der Waals surface area contributed by atoms with E-state index in [0.29, 0.717) is 17.5 Å². The summed E-state index contributed by atoms with van der Waals surface area (Å²) in [6, 6.07) is 49.0. The highest BCUT2D eigenvalue weighted by atomic mass is 15.0. The quantitative estimate of drug-likeness (QED) is 0.167. The second-order valence-corrected chi connectivity index (χ2v) is 11.8. The first kappa shape index (κ1) is 29.0. The van der Waals surface area contributed by atoms with Crippen LogP contribution in [0.15, 0.2) is 170 Å². The van der Waals surface area contributed by atoms with E-state index in [4.69, 9.17) is 15.0 Å². The highest BCUT2D eigenvalue weighted by Gasteiger charge is 2.17. The molecule has 228 valence electrons. The minimum absolute atomic E-state index is 0.633. The van der Waals surface area contributed by atoms with Gasteiger partial charge in [0.1, 0.15) is 0 Å². The minimum Gasteiger partial charge on any atom is -0.309 e. The zero-order chi connectivity index (χ0) is 32.5. The summed E-state index contributed by atoms with van der Waals surface area (Å²) in [5.41, 5.74) is 8.47. The maximum Gasteiger partial charge on any atom is 0.164 e. The summed E-state index contributed by atoms with van der Waals surface area (Å²) in [6.07, 6.45) is 7.59. The largest absolute Gasteiger partial charge is 0.309 e. The topological polar surface area (TPSA) is 43.6 Å². The van der Waals surface area contributed by atoms with Crippen molar-refractivity contribution >= 4 is 38.2 Å². The van der Waals surface area contributed by atoms with Crippen molar-refractivity contribution in [2.24, 2.45) is 0 Å². The van der Waals surface area contributed by atoms with E-state index in [1.807, 2.05) is 61.5 Å². The van der Waals surface area contributed by atoms with E-state index >= 15 is 0 Å². The molecule has 0 saturated carbocycles. The summed E-state index contributed by atoms with van der Waals surface area (Å²) in [4.78, 5) is 14.9. The van der Waals surface area contributed by atoms with E-state index in [2.05, 4.69) is 114 Å². The molecular weight excluding hydrogens is 585 g/mol. The standard InChI is InChI=1S/C44H32N4/c1-3-4-6-15-30(2)42-45-43(32-16-7-5-8-17-32)47-44(46-42)38-22-12-11-20-36(38)31-24-26-35(27-25-31)48-40-23-14-13-21-37(40)39-28-33-18-9-10-19-34(33)29-41(39)48/h3-29H,1H2,2H3/b6-4-,30-15+. The minimum atomic E-state index is 0.633. The Labute approximate surface area is 279 Å². The number of allylic oxidation sites excluding steroid dienone is 5. The molecule has 0 spiro atoms. The van der Waals surface area contributed by atoms with Gasteiger partial charge in [-0.1, -0.05) is 140 Å².